The fourth-order valence-corrected chi connectivity index (χ4v) is 4.00. The Balaban J connectivity index is 1.76. The van der Waals surface area contributed by atoms with Crippen LogP contribution in [-0.2, 0) is 11.2 Å². The molecule has 5 nitrogen and oxygen atoms in total. The Morgan fingerprint density at radius 3 is 2.71 bits per heavy atom. The van der Waals surface area contributed by atoms with Crippen molar-refractivity contribution < 1.29 is 4.79 Å². The first-order chi connectivity index (χ1) is 11.5. The number of amides is 1. The van der Waals surface area contributed by atoms with Crippen LogP contribution < -0.4 is 0 Å². The lowest BCUT2D eigenvalue weighted by atomic mass is 10.0. The zero-order valence-electron chi connectivity index (χ0n) is 15.2. The van der Waals surface area contributed by atoms with Gasteiger partial charge in [-0.15, -0.1) is 0 Å². The third-order valence-corrected chi connectivity index (χ3v) is 5.24. The van der Waals surface area contributed by atoms with Crippen LogP contribution in [0, 0.1) is 13.8 Å². The Kier molecular flexibility index (Phi) is 4.78. The first-order valence-electron chi connectivity index (χ1n) is 8.97. The molecule has 5 heteroatoms. The van der Waals surface area contributed by atoms with Crippen LogP contribution in [0.1, 0.15) is 56.0 Å². The Morgan fingerprint density at radius 2 is 2.04 bits per heavy atom. The molecule has 1 amide bonds. The second-order valence-electron chi connectivity index (χ2n) is 6.85. The van der Waals surface area contributed by atoms with E-state index in [-0.39, 0.29) is 11.9 Å². The summed E-state index contributed by atoms with van der Waals surface area (Å²) >= 11 is 0. The van der Waals surface area contributed by atoms with E-state index in [1.165, 1.54) is 0 Å². The summed E-state index contributed by atoms with van der Waals surface area (Å²) < 4.78 is 4.40. The zero-order valence-corrected chi connectivity index (χ0v) is 15.2. The van der Waals surface area contributed by atoms with E-state index >= 15 is 0 Å². The quantitative estimate of drug-likeness (QED) is 0.864. The largest absolute Gasteiger partial charge is 0.339 e. The average molecular weight is 328 g/mol. The molecule has 0 aliphatic carbocycles. The molecule has 0 saturated carbocycles. The molecule has 1 aliphatic rings. The lowest BCUT2D eigenvalue weighted by Gasteiger charge is -2.36. The van der Waals surface area contributed by atoms with Gasteiger partial charge >= 0.3 is 0 Å². The summed E-state index contributed by atoms with van der Waals surface area (Å²) in [4.78, 5) is 19.5. The maximum atomic E-state index is 13.1. The number of rotatable bonds is 4. The summed E-state index contributed by atoms with van der Waals surface area (Å²) in [7, 11) is 0. The molecular weight excluding hydrogens is 300 g/mol. The maximum Gasteiger partial charge on any atom is 0.245 e. The van der Waals surface area contributed by atoms with E-state index in [2.05, 4.69) is 53.2 Å². The highest BCUT2D eigenvalue weighted by molar-refractivity contribution is 5.80. The highest BCUT2D eigenvalue weighted by Crippen LogP contribution is 2.26. The van der Waals surface area contributed by atoms with Gasteiger partial charge in [-0.1, -0.05) is 6.92 Å². The minimum Gasteiger partial charge on any atom is -0.339 e. The molecule has 1 aliphatic heterocycles. The number of aryl methyl sites for hydroxylation is 3. The van der Waals surface area contributed by atoms with Gasteiger partial charge in [0.25, 0.3) is 0 Å². The van der Waals surface area contributed by atoms with E-state index in [9.17, 15) is 4.79 Å². The summed E-state index contributed by atoms with van der Waals surface area (Å²) in [5, 5.41) is 0. The molecular formula is C19H28N4O. The summed E-state index contributed by atoms with van der Waals surface area (Å²) in [6.45, 7) is 9.91. The third kappa shape index (κ3) is 2.99. The van der Waals surface area contributed by atoms with Crippen molar-refractivity contribution in [3.8, 4) is 0 Å². The zero-order chi connectivity index (χ0) is 17.3. The van der Waals surface area contributed by atoms with Crippen molar-refractivity contribution in [1.82, 2.24) is 19.0 Å². The van der Waals surface area contributed by atoms with Gasteiger partial charge < -0.3 is 14.0 Å². The van der Waals surface area contributed by atoms with Crippen LogP contribution in [0.4, 0.5) is 0 Å². The molecule has 0 unspecified atom stereocenters. The van der Waals surface area contributed by atoms with Gasteiger partial charge in [-0.25, -0.2) is 4.98 Å². The van der Waals surface area contributed by atoms with Crippen molar-refractivity contribution in [2.75, 3.05) is 13.1 Å². The molecule has 2 aromatic rings. The van der Waals surface area contributed by atoms with Crippen LogP contribution >= 0.6 is 0 Å². The number of nitrogens with zero attached hydrogens (tertiary/aromatic N) is 4. The van der Waals surface area contributed by atoms with Gasteiger partial charge in [0, 0.05) is 43.3 Å². The average Bonchev–Trinajstić information content (AvgIpc) is 3.20. The van der Waals surface area contributed by atoms with Gasteiger partial charge in [-0.3, -0.25) is 4.79 Å². The normalized spacial score (nSPS) is 19.5. The second-order valence-corrected chi connectivity index (χ2v) is 6.85. The third-order valence-electron chi connectivity index (χ3n) is 5.24. The number of likely N-dealkylation sites (tertiary alicyclic amines) is 1. The predicted octanol–water partition coefficient (Wildman–Crippen LogP) is 3.29. The molecule has 1 saturated heterocycles. The van der Waals surface area contributed by atoms with Crippen molar-refractivity contribution >= 4 is 5.91 Å². The van der Waals surface area contributed by atoms with E-state index < -0.39 is 0 Å². The Labute approximate surface area is 144 Å². The Hall–Kier alpha value is -2.04. The molecule has 0 radical (unpaired) electrons. The van der Waals surface area contributed by atoms with Gasteiger partial charge in [-0.05, 0) is 45.7 Å². The Bertz CT molecular complexity index is 695. The smallest absolute Gasteiger partial charge is 0.245 e. The van der Waals surface area contributed by atoms with Crippen LogP contribution in [0.25, 0.3) is 0 Å². The van der Waals surface area contributed by atoms with Gasteiger partial charge in [0.1, 0.15) is 11.9 Å². The lowest BCUT2D eigenvalue weighted by Crippen LogP contribution is -2.44. The van der Waals surface area contributed by atoms with Crippen LogP contribution in [-0.4, -0.2) is 38.0 Å². The molecule has 3 rings (SSSR count). The van der Waals surface area contributed by atoms with E-state index in [0.29, 0.717) is 6.04 Å². The molecule has 0 bridgehead atoms. The molecule has 2 atom stereocenters. The Morgan fingerprint density at radius 1 is 1.33 bits per heavy atom. The van der Waals surface area contributed by atoms with Gasteiger partial charge in [0.2, 0.25) is 5.91 Å². The van der Waals surface area contributed by atoms with Crippen molar-refractivity contribution in [3.63, 3.8) is 0 Å². The van der Waals surface area contributed by atoms with E-state index in [1.807, 2.05) is 18.0 Å². The van der Waals surface area contributed by atoms with E-state index in [4.69, 9.17) is 0 Å². The first kappa shape index (κ1) is 16.8. The molecule has 0 N–H and O–H groups in total. The molecule has 3 heterocycles. The summed E-state index contributed by atoms with van der Waals surface area (Å²) in [5.74, 6) is 1.33. The topological polar surface area (TPSA) is 43.1 Å². The highest BCUT2D eigenvalue weighted by Gasteiger charge is 2.29. The fourth-order valence-electron chi connectivity index (χ4n) is 4.00. The molecule has 1 fully saturated rings. The number of hydrogen-bond donors (Lipinski definition) is 0. The van der Waals surface area contributed by atoms with Gasteiger partial charge in [0.15, 0.2) is 0 Å². The van der Waals surface area contributed by atoms with Crippen molar-refractivity contribution in [3.05, 3.63) is 41.7 Å². The van der Waals surface area contributed by atoms with E-state index in [1.54, 1.807) is 0 Å². The van der Waals surface area contributed by atoms with Crippen LogP contribution in [0.15, 0.2) is 24.5 Å². The second kappa shape index (κ2) is 6.83. The SMILES string of the molecule is CCc1nccn1[C@@H]1CCCN(C(=O)[C@H](C)n2c(C)ccc2C)C1. The predicted molar refractivity (Wildman–Crippen MR) is 95.1 cm³/mol. The highest BCUT2D eigenvalue weighted by atomic mass is 16.2. The van der Waals surface area contributed by atoms with Gasteiger partial charge in [-0.2, -0.15) is 0 Å². The standard InChI is InChI=1S/C19H28N4O/c1-5-18-20-10-12-22(18)17-7-6-11-21(13-17)19(24)16(4)23-14(2)8-9-15(23)3/h8-10,12,16-17H,5-7,11,13H2,1-4H3/t16-,17+/m0/s1. The molecule has 2 aromatic heterocycles. The van der Waals surface area contributed by atoms with Crippen molar-refractivity contribution in [2.24, 2.45) is 0 Å². The van der Waals surface area contributed by atoms with Crippen molar-refractivity contribution in [2.45, 2.75) is 59.0 Å². The van der Waals surface area contributed by atoms with Gasteiger partial charge in [0.05, 0.1) is 6.04 Å². The number of carbonyl (C=O) groups excluding carboxylic acids is 1. The summed E-state index contributed by atoms with van der Waals surface area (Å²) in [6, 6.07) is 4.36. The number of aromatic nitrogens is 3. The number of imidazole rings is 1. The molecule has 0 aromatic carbocycles. The molecule has 130 valence electrons. The lowest BCUT2D eigenvalue weighted by molar-refractivity contribution is -0.136. The molecule has 0 spiro atoms. The first-order valence-corrected chi connectivity index (χ1v) is 8.97. The number of piperidine rings is 1. The fraction of sp³-hybridized carbons (Fsp3) is 0.579. The minimum absolute atomic E-state index is 0.146. The van der Waals surface area contributed by atoms with E-state index in [0.717, 1.165) is 49.6 Å². The van der Waals surface area contributed by atoms with Crippen LogP contribution in [0.5, 0.6) is 0 Å². The van der Waals surface area contributed by atoms with Crippen LogP contribution in [0.3, 0.4) is 0 Å². The number of hydrogen-bond acceptors (Lipinski definition) is 2. The number of carbonyl (C=O) groups is 1. The minimum atomic E-state index is -0.146. The monoisotopic (exact) mass is 328 g/mol. The van der Waals surface area contributed by atoms with Crippen molar-refractivity contribution in [1.29, 1.82) is 0 Å². The summed E-state index contributed by atoms with van der Waals surface area (Å²) in [5.41, 5.74) is 2.29. The maximum absolute atomic E-state index is 13.1. The summed E-state index contributed by atoms with van der Waals surface area (Å²) in [6.07, 6.45) is 7.02. The molecule has 24 heavy (non-hydrogen) atoms. The van der Waals surface area contributed by atoms with Crippen LogP contribution in [0.2, 0.25) is 0 Å².